The third kappa shape index (κ3) is 2.74. The fourth-order valence-corrected chi connectivity index (χ4v) is 2.55. The van der Waals surface area contributed by atoms with Gasteiger partial charge in [0, 0.05) is 16.1 Å². The van der Waals surface area contributed by atoms with E-state index in [9.17, 15) is 0 Å². The summed E-state index contributed by atoms with van der Waals surface area (Å²) in [6, 6.07) is 7.61. The van der Waals surface area contributed by atoms with Crippen LogP contribution in [-0.2, 0) is 0 Å². The molecule has 1 saturated carbocycles. The third-order valence-corrected chi connectivity index (χ3v) is 3.80. The summed E-state index contributed by atoms with van der Waals surface area (Å²) in [7, 11) is 1.64. The van der Waals surface area contributed by atoms with Gasteiger partial charge in [-0.2, -0.15) is 0 Å². The number of aromatic nitrogens is 2. The largest absolute Gasteiger partial charge is 0.496 e. The number of methoxy groups -OCH3 is 1. The fourth-order valence-electron chi connectivity index (χ4n) is 2.00. The van der Waals surface area contributed by atoms with E-state index in [2.05, 4.69) is 25.9 Å². The molecule has 1 aliphatic rings. The maximum absolute atomic E-state index is 6.10. The van der Waals surface area contributed by atoms with E-state index in [0.29, 0.717) is 16.9 Å². The van der Waals surface area contributed by atoms with Crippen LogP contribution in [0, 0.1) is 0 Å². The van der Waals surface area contributed by atoms with Gasteiger partial charge >= 0.3 is 0 Å². The standard InChI is InChI=1S/C14H12BrClN2O/c1-19-12-5-4-9(15)6-10(12)14-17-11(8-2-3-8)7-13(16)18-14/h4-8H,2-3H2,1H3. The molecule has 0 atom stereocenters. The van der Waals surface area contributed by atoms with Gasteiger partial charge in [0.15, 0.2) is 5.82 Å². The van der Waals surface area contributed by atoms with Crippen molar-refractivity contribution in [3.63, 3.8) is 0 Å². The van der Waals surface area contributed by atoms with Crippen molar-refractivity contribution in [1.82, 2.24) is 9.97 Å². The Balaban J connectivity index is 2.12. The van der Waals surface area contributed by atoms with Crippen molar-refractivity contribution < 1.29 is 4.74 Å². The second-order valence-corrected chi connectivity index (χ2v) is 5.86. The highest BCUT2D eigenvalue weighted by Crippen LogP contribution is 2.40. The highest BCUT2D eigenvalue weighted by Gasteiger charge is 2.26. The molecule has 0 radical (unpaired) electrons. The average Bonchev–Trinajstić information content (AvgIpc) is 3.22. The molecule has 0 N–H and O–H groups in total. The van der Waals surface area contributed by atoms with Crippen molar-refractivity contribution in [2.24, 2.45) is 0 Å². The van der Waals surface area contributed by atoms with Crippen molar-refractivity contribution in [1.29, 1.82) is 0 Å². The van der Waals surface area contributed by atoms with E-state index >= 15 is 0 Å². The molecule has 2 aromatic rings. The summed E-state index contributed by atoms with van der Waals surface area (Å²) in [4.78, 5) is 8.94. The number of nitrogens with zero attached hydrogens (tertiary/aromatic N) is 2. The lowest BCUT2D eigenvalue weighted by Gasteiger charge is -2.09. The van der Waals surface area contributed by atoms with E-state index in [-0.39, 0.29) is 0 Å². The van der Waals surface area contributed by atoms with Crippen LogP contribution in [0.4, 0.5) is 0 Å². The van der Waals surface area contributed by atoms with E-state index in [1.54, 1.807) is 7.11 Å². The van der Waals surface area contributed by atoms with Gasteiger partial charge in [0.05, 0.1) is 12.7 Å². The number of hydrogen-bond donors (Lipinski definition) is 0. The molecule has 3 nitrogen and oxygen atoms in total. The van der Waals surface area contributed by atoms with Crippen LogP contribution in [-0.4, -0.2) is 17.1 Å². The summed E-state index contributed by atoms with van der Waals surface area (Å²) in [6.07, 6.45) is 2.37. The molecule has 19 heavy (non-hydrogen) atoms. The first-order valence-corrected chi connectivity index (χ1v) is 7.23. The zero-order valence-corrected chi connectivity index (χ0v) is 12.7. The Morgan fingerprint density at radius 1 is 1.26 bits per heavy atom. The summed E-state index contributed by atoms with van der Waals surface area (Å²) in [5, 5.41) is 0.480. The molecule has 98 valence electrons. The lowest BCUT2D eigenvalue weighted by molar-refractivity contribution is 0.416. The Labute approximate surface area is 125 Å². The molecule has 5 heteroatoms. The van der Waals surface area contributed by atoms with Crippen LogP contribution in [0.1, 0.15) is 24.5 Å². The smallest absolute Gasteiger partial charge is 0.164 e. The molecule has 1 heterocycles. The van der Waals surface area contributed by atoms with E-state index in [0.717, 1.165) is 21.5 Å². The molecule has 0 unspecified atom stereocenters. The predicted molar refractivity (Wildman–Crippen MR) is 78.7 cm³/mol. The fraction of sp³-hybridized carbons (Fsp3) is 0.286. The van der Waals surface area contributed by atoms with Gasteiger partial charge in [-0.15, -0.1) is 0 Å². The lowest BCUT2D eigenvalue weighted by atomic mass is 10.1. The van der Waals surface area contributed by atoms with Crippen LogP contribution in [0.15, 0.2) is 28.7 Å². The van der Waals surface area contributed by atoms with Crippen LogP contribution >= 0.6 is 27.5 Å². The highest BCUT2D eigenvalue weighted by atomic mass is 79.9. The predicted octanol–water partition coefficient (Wildman–Crippen LogP) is 4.45. The summed E-state index contributed by atoms with van der Waals surface area (Å²) in [6.45, 7) is 0. The Morgan fingerprint density at radius 3 is 2.74 bits per heavy atom. The molecular formula is C14H12BrClN2O. The van der Waals surface area contributed by atoms with Crippen molar-refractivity contribution in [3.8, 4) is 17.1 Å². The van der Waals surface area contributed by atoms with Gasteiger partial charge in [-0.05, 0) is 37.1 Å². The molecule has 0 bridgehead atoms. The third-order valence-electron chi connectivity index (χ3n) is 3.11. The molecule has 1 fully saturated rings. The molecule has 1 aromatic heterocycles. The lowest BCUT2D eigenvalue weighted by Crippen LogP contribution is -1.97. The molecule has 3 rings (SSSR count). The second kappa shape index (κ2) is 5.10. The molecule has 0 spiro atoms. The Kier molecular flexibility index (Phi) is 3.46. The molecule has 0 aliphatic heterocycles. The van der Waals surface area contributed by atoms with Crippen molar-refractivity contribution in [2.75, 3.05) is 7.11 Å². The van der Waals surface area contributed by atoms with Gasteiger partial charge in [-0.1, -0.05) is 27.5 Å². The van der Waals surface area contributed by atoms with Crippen LogP contribution in [0.5, 0.6) is 5.75 Å². The minimum absolute atomic E-state index is 0.480. The van der Waals surface area contributed by atoms with Gasteiger partial charge in [-0.25, -0.2) is 9.97 Å². The van der Waals surface area contributed by atoms with Gasteiger partial charge in [0.1, 0.15) is 10.9 Å². The Morgan fingerprint density at radius 2 is 2.05 bits per heavy atom. The minimum atomic E-state index is 0.480. The average molecular weight is 340 g/mol. The van der Waals surface area contributed by atoms with Gasteiger partial charge in [0.2, 0.25) is 0 Å². The number of benzene rings is 1. The van der Waals surface area contributed by atoms with Crippen molar-refractivity contribution >= 4 is 27.5 Å². The molecule has 0 amide bonds. The van der Waals surface area contributed by atoms with Gasteiger partial charge in [0.25, 0.3) is 0 Å². The minimum Gasteiger partial charge on any atom is -0.496 e. The zero-order valence-electron chi connectivity index (χ0n) is 10.4. The van der Waals surface area contributed by atoms with Crippen molar-refractivity contribution in [2.45, 2.75) is 18.8 Å². The Hall–Kier alpha value is -1.13. The van der Waals surface area contributed by atoms with E-state index in [1.165, 1.54) is 12.8 Å². The zero-order chi connectivity index (χ0) is 13.4. The van der Waals surface area contributed by atoms with E-state index in [4.69, 9.17) is 16.3 Å². The maximum atomic E-state index is 6.10. The molecule has 0 saturated heterocycles. The first-order valence-electron chi connectivity index (χ1n) is 6.06. The maximum Gasteiger partial charge on any atom is 0.164 e. The second-order valence-electron chi connectivity index (χ2n) is 4.56. The normalized spacial score (nSPS) is 14.5. The van der Waals surface area contributed by atoms with Crippen molar-refractivity contribution in [3.05, 3.63) is 39.6 Å². The summed E-state index contributed by atoms with van der Waals surface area (Å²) >= 11 is 9.56. The topological polar surface area (TPSA) is 35.0 Å². The first-order chi connectivity index (χ1) is 9.17. The summed E-state index contributed by atoms with van der Waals surface area (Å²) in [5.74, 6) is 1.90. The van der Waals surface area contributed by atoms with Crippen LogP contribution < -0.4 is 4.74 Å². The first kappa shape index (κ1) is 12.9. The SMILES string of the molecule is COc1ccc(Br)cc1-c1nc(Cl)cc(C2CC2)n1. The van der Waals surface area contributed by atoms with Crippen LogP contribution in [0.3, 0.4) is 0 Å². The number of rotatable bonds is 3. The molecule has 1 aliphatic carbocycles. The van der Waals surface area contributed by atoms with Crippen LogP contribution in [0.25, 0.3) is 11.4 Å². The van der Waals surface area contributed by atoms with Gasteiger partial charge in [-0.3, -0.25) is 0 Å². The monoisotopic (exact) mass is 338 g/mol. The van der Waals surface area contributed by atoms with Gasteiger partial charge < -0.3 is 4.74 Å². The highest BCUT2D eigenvalue weighted by molar-refractivity contribution is 9.10. The van der Waals surface area contributed by atoms with E-state index in [1.807, 2.05) is 24.3 Å². The molecular weight excluding hydrogens is 328 g/mol. The molecule has 1 aromatic carbocycles. The summed E-state index contributed by atoms with van der Waals surface area (Å²) in [5.41, 5.74) is 1.87. The van der Waals surface area contributed by atoms with E-state index < -0.39 is 0 Å². The number of ether oxygens (including phenoxy) is 1. The number of hydrogen-bond acceptors (Lipinski definition) is 3. The Bertz CT molecular complexity index is 629. The summed E-state index contributed by atoms with van der Waals surface area (Å²) < 4.78 is 6.32. The quantitative estimate of drug-likeness (QED) is 0.775. The number of halogens is 2. The van der Waals surface area contributed by atoms with Crippen LogP contribution in [0.2, 0.25) is 5.15 Å².